The number of nitrogen functional groups attached to an aromatic ring is 1. The van der Waals surface area contributed by atoms with Crippen molar-refractivity contribution in [1.82, 2.24) is 9.97 Å². The van der Waals surface area contributed by atoms with Gasteiger partial charge in [-0.15, -0.1) is 0 Å². The third-order valence-corrected chi connectivity index (χ3v) is 6.56. The number of hydrogen-bond donors (Lipinski definition) is 2. The number of amides is 1. The molecule has 28 heavy (non-hydrogen) atoms. The molecule has 0 unspecified atom stereocenters. The van der Waals surface area contributed by atoms with Crippen LogP contribution in [0, 0.1) is 0 Å². The molecule has 9 heteroatoms. The molecule has 0 aliphatic carbocycles. The van der Waals surface area contributed by atoms with Crippen LogP contribution in [0.5, 0.6) is 0 Å². The van der Waals surface area contributed by atoms with Crippen LogP contribution < -0.4 is 11.1 Å². The normalized spacial score (nSPS) is 12.3. The average Bonchev–Trinajstić information content (AvgIpc) is 2.69. The standard InChI is InChI=1S/C19H18N4O3S2/c1-13(18(24)22-14-8-4-2-5-9-14)27-19-21-12-16(17(20)23-19)28(25,26)15-10-6-3-7-11-15/h2-13H,1H3,(H,22,24)(H2,20,21,23)/t13-/m0/s1. The summed E-state index contributed by atoms with van der Waals surface area (Å²) in [6, 6.07) is 17.0. The number of carbonyl (C=O) groups excluding carboxylic acids is 1. The van der Waals surface area contributed by atoms with Crippen molar-refractivity contribution in [1.29, 1.82) is 0 Å². The van der Waals surface area contributed by atoms with E-state index in [4.69, 9.17) is 5.73 Å². The maximum atomic E-state index is 12.7. The number of thioether (sulfide) groups is 1. The van der Waals surface area contributed by atoms with Crippen molar-refractivity contribution in [3.8, 4) is 0 Å². The van der Waals surface area contributed by atoms with Gasteiger partial charge in [-0.1, -0.05) is 48.2 Å². The quantitative estimate of drug-likeness (QED) is 0.470. The average molecular weight is 415 g/mol. The van der Waals surface area contributed by atoms with E-state index in [9.17, 15) is 13.2 Å². The Morgan fingerprint density at radius 3 is 2.29 bits per heavy atom. The van der Waals surface area contributed by atoms with Gasteiger partial charge in [0.25, 0.3) is 0 Å². The van der Waals surface area contributed by atoms with Gasteiger partial charge in [-0.3, -0.25) is 4.79 Å². The van der Waals surface area contributed by atoms with E-state index in [0.717, 1.165) is 11.8 Å². The van der Waals surface area contributed by atoms with Crippen LogP contribution in [0.3, 0.4) is 0 Å². The first-order valence-electron chi connectivity index (χ1n) is 8.33. The second-order valence-electron chi connectivity index (χ2n) is 5.83. The molecule has 3 N–H and O–H groups in total. The molecule has 7 nitrogen and oxygen atoms in total. The molecule has 1 heterocycles. The first-order chi connectivity index (χ1) is 13.4. The number of hydrogen-bond acceptors (Lipinski definition) is 7. The van der Waals surface area contributed by atoms with E-state index >= 15 is 0 Å². The molecule has 1 atom stereocenters. The summed E-state index contributed by atoms with van der Waals surface area (Å²) in [7, 11) is -3.81. The highest BCUT2D eigenvalue weighted by Crippen LogP contribution is 2.27. The van der Waals surface area contributed by atoms with Crippen LogP contribution in [0.2, 0.25) is 0 Å². The molecule has 0 aliphatic rings. The maximum Gasteiger partial charge on any atom is 0.237 e. The molecule has 0 saturated heterocycles. The largest absolute Gasteiger partial charge is 0.382 e. The third-order valence-electron chi connectivity index (χ3n) is 3.80. The summed E-state index contributed by atoms with van der Waals surface area (Å²) >= 11 is 1.09. The van der Waals surface area contributed by atoms with Crippen LogP contribution in [-0.4, -0.2) is 29.5 Å². The van der Waals surface area contributed by atoms with Crippen molar-refractivity contribution < 1.29 is 13.2 Å². The molecular formula is C19H18N4O3S2. The lowest BCUT2D eigenvalue weighted by Crippen LogP contribution is -2.22. The van der Waals surface area contributed by atoms with Gasteiger partial charge in [0.2, 0.25) is 15.7 Å². The molecule has 3 rings (SSSR count). The molecule has 0 fully saturated rings. The van der Waals surface area contributed by atoms with Gasteiger partial charge in [0, 0.05) is 5.69 Å². The maximum absolute atomic E-state index is 12.7. The minimum atomic E-state index is -3.81. The zero-order chi connectivity index (χ0) is 20.1. The molecule has 1 amide bonds. The minimum Gasteiger partial charge on any atom is -0.382 e. The number of nitrogens with zero attached hydrogens (tertiary/aromatic N) is 2. The summed E-state index contributed by atoms with van der Waals surface area (Å²) in [5, 5.41) is 2.51. The molecule has 3 aromatic rings. The number of rotatable bonds is 6. The summed E-state index contributed by atoms with van der Waals surface area (Å²) in [6.07, 6.45) is 1.18. The Morgan fingerprint density at radius 1 is 1.07 bits per heavy atom. The van der Waals surface area contributed by atoms with Crippen LogP contribution in [0.4, 0.5) is 11.5 Å². The predicted octanol–water partition coefficient (Wildman–Crippen LogP) is 3.01. The zero-order valence-electron chi connectivity index (χ0n) is 14.9. The lowest BCUT2D eigenvalue weighted by atomic mass is 10.3. The SMILES string of the molecule is C[C@H](Sc1ncc(S(=O)(=O)c2ccccc2)c(N)n1)C(=O)Nc1ccccc1. The fraction of sp³-hybridized carbons (Fsp3) is 0.105. The topological polar surface area (TPSA) is 115 Å². The first-order valence-corrected chi connectivity index (χ1v) is 10.7. The van der Waals surface area contributed by atoms with Gasteiger partial charge in [0.15, 0.2) is 5.16 Å². The van der Waals surface area contributed by atoms with Gasteiger partial charge in [-0.2, -0.15) is 0 Å². The molecule has 2 aromatic carbocycles. The number of sulfone groups is 1. The van der Waals surface area contributed by atoms with E-state index in [0.29, 0.717) is 5.69 Å². The lowest BCUT2D eigenvalue weighted by Gasteiger charge is -2.12. The Morgan fingerprint density at radius 2 is 1.68 bits per heavy atom. The highest BCUT2D eigenvalue weighted by atomic mass is 32.2. The van der Waals surface area contributed by atoms with Gasteiger partial charge < -0.3 is 11.1 Å². The zero-order valence-corrected chi connectivity index (χ0v) is 16.6. The number of aromatic nitrogens is 2. The van der Waals surface area contributed by atoms with Crippen molar-refractivity contribution in [2.24, 2.45) is 0 Å². The summed E-state index contributed by atoms with van der Waals surface area (Å²) in [5.74, 6) is -0.378. The van der Waals surface area contributed by atoms with Crippen molar-refractivity contribution >= 4 is 39.0 Å². The number of nitrogens with two attached hydrogens (primary N) is 1. The van der Waals surface area contributed by atoms with E-state index in [1.807, 2.05) is 18.2 Å². The number of benzene rings is 2. The Bertz CT molecular complexity index is 1070. The van der Waals surface area contributed by atoms with E-state index < -0.39 is 15.1 Å². The number of nitrogens with one attached hydrogen (secondary N) is 1. The first kappa shape index (κ1) is 19.8. The van der Waals surface area contributed by atoms with Crippen molar-refractivity contribution in [3.05, 3.63) is 66.9 Å². The molecule has 0 radical (unpaired) electrons. The third kappa shape index (κ3) is 4.49. The molecular weight excluding hydrogens is 396 g/mol. The van der Waals surface area contributed by atoms with Crippen LogP contribution in [0.15, 0.2) is 81.8 Å². The predicted molar refractivity (Wildman–Crippen MR) is 109 cm³/mol. The fourth-order valence-corrected chi connectivity index (χ4v) is 4.36. The van der Waals surface area contributed by atoms with Crippen LogP contribution in [0.1, 0.15) is 6.92 Å². The van der Waals surface area contributed by atoms with Crippen molar-refractivity contribution in [2.75, 3.05) is 11.1 Å². The lowest BCUT2D eigenvalue weighted by molar-refractivity contribution is -0.115. The molecule has 0 bridgehead atoms. The van der Waals surface area contributed by atoms with Crippen molar-refractivity contribution in [3.63, 3.8) is 0 Å². The molecule has 0 aliphatic heterocycles. The van der Waals surface area contributed by atoms with Gasteiger partial charge in [-0.25, -0.2) is 18.4 Å². The number of carbonyl (C=O) groups is 1. The smallest absolute Gasteiger partial charge is 0.237 e. The Kier molecular flexibility index (Phi) is 5.96. The van der Waals surface area contributed by atoms with Crippen LogP contribution in [-0.2, 0) is 14.6 Å². The van der Waals surface area contributed by atoms with Gasteiger partial charge >= 0.3 is 0 Å². The van der Waals surface area contributed by atoms with Crippen LogP contribution in [0.25, 0.3) is 0 Å². The molecule has 0 spiro atoms. The molecule has 144 valence electrons. The summed E-state index contributed by atoms with van der Waals surface area (Å²) in [6.45, 7) is 1.71. The van der Waals surface area contributed by atoms with Gasteiger partial charge in [0.05, 0.1) is 16.3 Å². The molecule has 0 saturated carbocycles. The summed E-state index contributed by atoms with van der Waals surface area (Å²) in [4.78, 5) is 20.4. The minimum absolute atomic E-state index is 0.112. The monoisotopic (exact) mass is 414 g/mol. The van der Waals surface area contributed by atoms with E-state index in [2.05, 4.69) is 15.3 Å². The number of para-hydroxylation sites is 1. The fourth-order valence-electron chi connectivity index (χ4n) is 2.33. The van der Waals surface area contributed by atoms with Crippen LogP contribution >= 0.6 is 11.8 Å². The van der Waals surface area contributed by atoms with Gasteiger partial charge in [-0.05, 0) is 31.2 Å². The van der Waals surface area contributed by atoms with E-state index in [1.54, 1.807) is 37.3 Å². The Balaban J connectivity index is 1.74. The van der Waals surface area contributed by atoms with Crippen molar-refractivity contribution in [2.45, 2.75) is 27.1 Å². The van der Waals surface area contributed by atoms with E-state index in [1.165, 1.54) is 18.3 Å². The second-order valence-corrected chi connectivity index (χ2v) is 9.06. The molecule has 1 aromatic heterocycles. The Labute approximate surface area is 167 Å². The summed E-state index contributed by atoms with van der Waals surface area (Å²) in [5.41, 5.74) is 6.56. The second kappa shape index (κ2) is 8.41. The Hall–Kier alpha value is -2.91. The highest BCUT2D eigenvalue weighted by molar-refractivity contribution is 8.00. The number of anilines is 2. The highest BCUT2D eigenvalue weighted by Gasteiger charge is 2.23. The van der Waals surface area contributed by atoms with Gasteiger partial charge in [0.1, 0.15) is 10.7 Å². The van der Waals surface area contributed by atoms with E-state index in [-0.39, 0.29) is 26.7 Å². The summed E-state index contributed by atoms with van der Waals surface area (Å²) < 4.78 is 25.3.